The maximum atomic E-state index is 12.0. The molecule has 0 saturated carbocycles. The third kappa shape index (κ3) is 2.27. The number of furan rings is 1. The molecular formula is C15H15NO3. The molecule has 2 atom stereocenters. The first-order valence-electron chi connectivity index (χ1n) is 6.31. The van der Waals surface area contributed by atoms with Crippen LogP contribution in [0.4, 0.5) is 0 Å². The predicted molar refractivity (Wildman–Crippen MR) is 69.1 cm³/mol. The Kier molecular flexibility index (Phi) is 3.09. The summed E-state index contributed by atoms with van der Waals surface area (Å²) in [6.45, 7) is 0.488. The number of amides is 1. The van der Waals surface area contributed by atoms with E-state index in [1.54, 1.807) is 17.2 Å². The minimum Gasteiger partial charge on any atom is -0.467 e. The van der Waals surface area contributed by atoms with Gasteiger partial charge in [-0.25, -0.2) is 0 Å². The number of aliphatic hydroxyl groups excluding tert-OH is 1. The van der Waals surface area contributed by atoms with Gasteiger partial charge in [-0.15, -0.1) is 0 Å². The Balaban J connectivity index is 1.86. The first-order chi connectivity index (χ1) is 9.25. The highest BCUT2D eigenvalue weighted by Crippen LogP contribution is 2.34. The molecule has 4 heteroatoms. The van der Waals surface area contributed by atoms with E-state index in [-0.39, 0.29) is 11.9 Å². The molecule has 2 aromatic rings. The average molecular weight is 257 g/mol. The second-order valence-corrected chi connectivity index (χ2v) is 4.73. The van der Waals surface area contributed by atoms with Gasteiger partial charge in [0.1, 0.15) is 11.9 Å². The normalized spacial score (nSPS) is 23.0. The van der Waals surface area contributed by atoms with Gasteiger partial charge in [-0.05, 0) is 17.7 Å². The van der Waals surface area contributed by atoms with Gasteiger partial charge in [-0.1, -0.05) is 30.3 Å². The molecule has 1 N–H and O–H groups in total. The number of likely N-dealkylation sites (tertiary alicyclic amines) is 1. The van der Waals surface area contributed by atoms with E-state index in [1.807, 2.05) is 36.4 Å². The SMILES string of the molecule is O=C1[C@@H](O)C[C@H](c2ccco2)N1Cc1ccccc1. The second kappa shape index (κ2) is 4.90. The van der Waals surface area contributed by atoms with E-state index < -0.39 is 6.10 Å². The lowest BCUT2D eigenvalue weighted by Gasteiger charge is -2.23. The van der Waals surface area contributed by atoms with Gasteiger partial charge in [0, 0.05) is 13.0 Å². The van der Waals surface area contributed by atoms with Crippen molar-refractivity contribution in [3.05, 3.63) is 60.1 Å². The maximum absolute atomic E-state index is 12.0. The molecule has 1 saturated heterocycles. The molecule has 3 rings (SSSR count). The van der Waals surface area contributed by atoms with Gasteiger partial charge in [0.05, 0.1) is 12.3 Å². The van der Waals surface area contributed by atoms with Crippen LogP contribution in [-0.2, 0) is 11.3 Å². The predicted octanol–water partition coefficient (Wildman–Crippen LogP) is 2.11. The fraction of sp³-hybridized carbons (Fsp3) is 0.267. The average Bonchev–Trinajstić information content (AvgIpc) is 3.04. The Labute approximate surface area is 111 Å². The molecule has 1 aliphatic heterocycles. The molecule has 2 heterocycles. The summed E-state index contributed by atoms with van der Waals surface area (Å²) < 4.78 is 5.38. The number of carbonyl (C=O) groups excluding carboxylic acids is 1. The minimum absolute atomic E-state index is 0.183. The van der Waals surface area contributed by atoms with Crippen LogP contribution < -0.4 is 0 Å². The molecule has 1 aliphatic rings. The van der Waals surface area contributed by atoms with E-state index in [0.717, 1.165) is 11.3 Å². The van der Waals surface area contributed by atoms with Crippen LogP contribution in [0.1, 0.15) is 23.8 Å². The van der Waals surface area contributed by atoms with Crippen LogP contribution in [0.2, 0.25) is 0 Å². The fourth-order valence-corrected chi connectivity index (χ4v) is 2.50. The summed E-state index contributed by atoms with van der Waals surface area (Å²) in [7, 11) is 0. The van der Waals surface area contributed by atoms with Crippen LogP contribution in [0.15, 0.2) is 53.1 Å². The van der Waals surface area contributed by atoms with Crippen LogP contribution in [0.5, 0.6) is 0 Å². The largest absolute Gasteiger partial charge is 0.467 e. The van der Waals surface area contributed by atoms with E-state index in [9.17, 15) is 9.90 Å². The summed E-state index contributed by atoms with van der Waals surface area (Å²) in [4.78, 5) is 13.7. The molecule has 0 aliphatic carbocycles. The van der Waals surface area contributed by atoms with Crippen LogP contribution in [-0.4, -0.2) is 22.0 Å². The van der Waals surface area contributed by atoms with E-state index in [4.69, 9.17) is 4.42 Å². The summed E-state index contributed by atoms with van der Waals surface area (Å²) >= 11 is 0. The lowest BCUT2D eigenvalue weighted by molar-refractivity contribution is -0.136. The lowest BCUT2D eigenvalue weighted by Crippen LogP contribution is -2.30. The van der Waals surface area contributed by atoms with Crippen LogP contribution in [0, 0.1) is 0 Å². The maximum Gasteiger partial charge on any atom is 0.252 e. The first kappa shape index (κ1) is 12.0. The van der Waals surface area contributed by atoms with Gasteiger partial charge in [0.25, 0.3) is 5.91 Å². The summed E-state index contributed by atoms with van der Waals surface area (Å²) in [5.41, 5.74) is 1.04. The summed E-state index contributed by atoms with van der Waals surface area (Å²) in [6, 6.07) is 13.2. The Hall–Kier alpha value is -2.07. The van der Waals surface area contributed by atoms with Crippen molar-refractivity contribution in [2.45, 2.75) is 25.1 Å². The highest BCUT2D eigenvalue weighted by Gasteiger charge is 2.40. The zero-order valence-corrected chi connectivity index (χ0v) is 10.4. The molecule has 1 aromatic carbocycles. The zero-order valence-electron chi connectivity index (χ0n) is 10.4. The third-order valence-corrected chi connectivity index (χ3v) is 3.46. The van der Waals surface area contributed by atoms with Crippen LogP contribution >= 0.6 is 0 Å². The van der Waals surface area contributed by atoms with Crippen molar-refractivity contribution in [1.29, 1.82) is 0 Å². The number of nitrogens with zero attached hydrogens (tertiary/aromatic N) is 1. The molecule has 98 valence electrons. The molecule has 4 nitrogen and oxygen atoms in total. The van der Waals surface area contributed by atoms with E-state index in [1.165, 1.54) is 0 Å². The topological polar surface area (TPSA) is 53.7 Å². The Morgan fingerprint density at radius 3 is 2.68 bits per heavy atom. The van der Waals surface area contributed by atoms with Gasteiger partial charge in [0.15, 0.2) is 0 Å². The smallest absolute Gasteiger partial charge is 0.252 e. The van der Waals surface area contributed by atoms with E-state index >= 15 is 0 Å². The van der Waals surface area contributed by atoms with Crippen molar-refractivity contribution in [2.24, 2.45) is 0 Å². The number of hydrogen-bond donors (Lipinski definition) is 1. The number of benzene rings is 1. The summed E-state index contributed by atoms with van der Waals surface area (Å²) in [5.74, 6) is 0.492. The quantitative estimate of drug-likeness (QED) is 0.916. The van der Waals surface area contributed by atoms with Crippen molar-refractivity contribution >= 4 is 5.91 Å². The van der Waals surface area contributed by atoms with Crippen molar-refractivity contribution in [2.75, 3.05) is 0 Å². The van der Waals surface area contributed by atoms with Gasteiger partial charge < -0.3 is 14.4 Å². The highest BCUT2D eigenvalue weighted by molar-refractivity contribution is 5.83. The van der Waals surface area contributed by atoms with Crippen molar-refractivity contribution in [1.82, 2.24) is 4.90 Å². The Morgan fingerprint density at radius 1 is 1.21 bits per heavy atom. The number of aliphatic hydroxyl groups is 1. The monoisotopic (exact) mass is 257 g/mol. The second-order valence-electron chi connectivity index (χ2n) is 4.73. The Bertz CT molecular complexity index is 550. The molecule has 19 heavy (non-hydrogen) atoms. The Morgan fingerprint density at radius 2 is 2.00 bits per heavy atom. The molecular weight excluding hydrogens is 242 g/mol. The first-order valence-corrected chi connectivity index (χ1v) is 6.31. The van der Waals surface area contributed by atoms with Gasteiger partial charge in [-0.3, -0.25) is 4.79 Å². The molecule has 0 bridgehead atoms. The highest BCUT2D eigenvalue weighted by atomic mass is 16.3. The zero-order chi connectivity index (χ0) is 13.2. The number of carbonyl (C=O) groups is 1. The van der Waals surface area contributed by atoms with Gasteiger partial charge in [-0.2, -0.15) is 0 Å². The van der Waals surface area contributed by atoms with Crippen LogP contribution in [0.25, 0.3) is 0 Å². The third-order valence-electron chi connectivity index (χ3n) is 3.46. The number of rotatable bonds is 3. The van der Waals surface area contributed by atoms with E-state index in [2.05, 4.69) is 0 Å². The summed E-state index contributed by atoms with van der Waals surface area (Å²) in [6.07, 6.45) is 1.04. The molecule has 0 radical (unpaired) electrons. The van der Waals surface area contributed by atoms with Crippen molar-refractivity contribution in [3.8, 4) is 0 Å². The molecule has 1 aromatic heterocycles. The fourth-order valence-electron chi connectivity index (χ4n) is 2.50. The molecule has 0 spiro atoms. The minimum atomic E-state index is -0.932. The molecule has 1 fully saturated rings. The van der Waals surface area contributed by atoms with Crippen molar-refractivity contribution < 1.29 is 14.3 Å². The number of hydrogen-bond acceptors (Lipinski definition) is 3. The van der Waals surface area contributed by atoms with Crippen molar-refractivity contribution in [3.63, 3.8) is 0 Å². The summed E-state index contributed by atoms with van der Waals surface area (Å²) in [5, 5.41) is 9.78. The molecule has 1 amide bonds. The van der Waals surface area contributed by atoms with Gasteiger partial charge >= 0.3 is 0 Å². The van der Waals surface area contributed by atoms with E-state index in [0.29, 0.717) is 13.0 Å². The lowest BCUT2D eigenvalue weighted by atomic mass is 10.1. The standard InChI is InChI=1S/C15H15NO3/c17-13-9-12(14-7-4-8-19-14)16(15(13)18)10-11-5-2-1-3-6-11/h1-8,12-13,17H,9-10H2/t12-,13+/m1/s1. The van der Waals surface area contributed by atoms with Gasteiger partial charge in [0.2, 0.25) is 0 Å². The molecule has 0 unspecified atom stereocenters. The van der Waals surface area contributed by atoms with Crippen LogP contribution in [0.3, 0.4) is 0 Å².